The lowest BCUT2D eigenvalue weighted by Crippen LogP contribution is -2.68. The zero-order chi connectivity index (χ0) is 36.0. The van der Waals surface area contributed by atoms with E-state index in [9.17, 15) is 0 Å². The highest BCUT2D eigenvalue weighted by Crippen LogP contribution is 2.79. The van der Waals surface area contributed by atoms with Crippen LogP contribution in [0.4, 0.5) is 0 Å². The second kappa shape index (κ2) is 12.4. The average molecular weight is 710 g/mol. The smallest absolute Gasteiger partial charge is 0.192 e. The first-order valence-electron chi connectivity index (χ1n) is 20.3. The highest BCUT2D eigenvalue weighted by atomic mass is 28.4. The first-order chi connectivity index (χ1) is 24.3. The van der Waals surface area contributed by atoms with E-state index in [4.69, 9.17) is 18.6 Å². The summed E-state index contributed by atoms with van der Waals surface area (Å²) in [6, 6.07) is 21.0. The molecule has 4 fully saturated rings. The van der Waals surface area contributed by atoms with E-state index in [1.54, 1.807) is 5.56 Å². The van der Waals surface area contributed by atoms with Gasteiger partial charge in [-0.2, -0.15) is 0 Å². The SMILES string of the molecule is CC[Si](CC)(CC)O[C@@H]1C[C@]23O[C@]24CC[C@H]2Cc5c([nH]c6ccc(CC=C(C)C)cc56)[C@]2(C)[C@@]4(C)CC[C@@H]3O[C@@H]1C(C)(C)OCc1ccccc1. The van der Waals surface area contributed by atoms with E-state index in [0.29, 0.717) is 12.5 Å². The third-order valence-electron chi connectivity index (χ3n) is 15.4. The predicted molar refractivity (Wildman–Crippen MR) is 210 cm³/mol. The third kappa shape index (κ3) is 5.12. The maximum atomic E-state index is 7.53. The first kappa shape index (κ1) is 35.8. The van der Waals surface area contributed by atoms with Gasteiger partial charge in [0, 0.05) is 33.8 Å². The summed E-state index contributed by atoms with van der Waals surface area (Å²) in [4.78, 5) is 4.05. The van der Waals surface area contributed by atoms with Crippen LogP contribution in [0, 0.1) is 11.3 Å². The van der Waals surface area contributed by atoms with Gasteiger partial charge in [-0.1, -0.05) is 82.7 Å². The second-order valence-electron chi connectivity index (χ2n) is 18.2. The van der Waals surface area contributed by atoms with Crippen molar-refractivity contribution in [3.63, 3.8) is 0 Å². The molecular weight excluding hydrogens is 647 g/mol. The van der Waals surface area contributed by atoms with Crippen LogP contribution in [0.2, 0.25) is 18.1 Å². The lowest BCUT2D eigenvalue weighted by atomic mass is 9.43. The number of fused-ring (bicyclic) bond motifs is 6. The highest BCUT2D eigenvalue weighted by molar-refractivity contribution is 6.73. The third-order valence-corrected chi connectivity index (χ3v) is 20.1. The van der Waals surface area contributed by atoms with Crippen molar-refractivity contribution < 1.29 is 18.6 Å². The molecule has 5 aliphatic rings. The number of aromatic nitrogens is 1. The molecule has 2 aromatic carbocycles. The van der Waals surface area contributed by atoms with Crippen molar-refractivity contribution in [2.24, 2.45) is 11.3 Å². The number of H-pyrrole nitrogens is 1. The summed E-state index contributed by atoms with van der Waals surface area (Å²) in [5.41, 5.74) is 7.27. The van der Waals surface area contributed by atoms with E-state index in [0.717, 1.165) is 56.7 Å². The van der Waals surface area contributed by atoms with Gasteiger partial charge in [-0.15, -0.1) is 0 Å². The summed E-state index contributed by atoms with van der Waals surface area (Å²) in [6.07, 6.45) is 9.67. The maximum Gasteiger partial charge on any atom is 0.192 e. The summed E-state index contributed by atoms with van der Waals surface area (Å²) in [5, 5.41) is 1.44. The average Bonchev–Trinajstić information content (AvgIpc) is 3.50. The number of nitrogens with one attached hydrogen (secondary N) is 1. The number of hydrogen-bond acceptors (Lipinski definition) is 4. The molecule has 3 heterocycles. The molecule has 8 rings (SSSR count). The summed E-state index contributed by atoms with van der Waals surface area (Å²) >= 11 is 0. The molecule has 0 radical (unpaired) electrons. The molecule has 6 heteroatoms. The van der Waals surface area contributed by atoms with Gasteiger partial charge in [0.25, 0.3) is 0 Å². The molecule has 3 aromatic rings. The van der Waals surface area contributed by atoms with E-state index in [-0.39, 0.29) is 40.3 Å². The molecule has 0 amide bonds. The molecule has 276 valence electrons. The van der Waals surface area contributed by atoms with Crippen molar-refractivity contribution in [3.05, 3.63) is 82.6 Å². The topological polar surface area (TPSA) is 56.0 Å². The summed E-state index contributed by atoms with van der Waals surface area (Å²) < 4.78 is 29.2. The number of ether oxygens (including phenoxy) is 3. The molecule has 3 aliphatic carbocycles. The minimum Gasteiger partial charge on any atom is -0.411 e. The highest BCUT2D eigenvalue weighted by Gasteiger charge is 2.87. The Balaban J connectivity index is 1.14. The molecule has 2 spiro atoms. The monoisotopic (exact) mass is 709 g/mol. The van der Waals surface area contributed by atoms with Crippen molar-refractivity contribution in [2.45, 2.75) is 173 Å². The van der Waals surface area contributed by atoms with Gasteiger partial charge in [0.1, 0.15) is 17.3 Å². The van der Waals surface area contributed by atoms with Gasteiger partial charge in [-0.25, -0.2) is 0 Å². The van der Waals surface area contributed by atoms with Gasteiger partial charge in [0.2, 0.25) is 0 Å². The molecule has 2 aliphatic heterocycles. The normalized spacial score (nSPS) is 35.4. The lowest BCUT2D eigenvalue weighted by Gasteiger charge is -2.61. The van der Waals surface area contributed by atoms with E-state index in [1.165, 1.54) is 39.7 Å². The summed E-state index contributed by atoms with van der Waals surface area (Å²) in [5.74, 6) is 0.618. The Morgan fingerprint density at radius 1 is 0.980 bits per heavy atom. The number of rotatable bonds is 11. The van der Waals surface area contributed by atoms with Gasteiger partial charge < -0.3 is 23.6 Å². The van der Waals surface area contributed by atoms with Crippen molar-refractivity contribution in [1.82, 2.24) is 4.98 Å². The van der Waals surface area contributed by atoms with Gasteiger partial charge in [0.05, 0.1) is 24.4 Å². The fraction of sp³-hybridized carbons (Fsp3) is 0.644. The van der Waals surface area contributed by atoms with Gasteiger partial charge >= 0.3 is 0 Å². The molecule has 1 aromatic heterocycles. The quantitative estimate of drug-likeness (QED) is 0.122. The van der Waals surface area contributed by atoms with Crippen molar-refractivity contribution in [1.29, 1.82) is 0 Å². The molecule has 2 saturated carbocycles. The molecule has 51 heavy (non-hydrogen) atoms. The first-order valence-corrected chi connectivity index (χ1v) is 22.8. The fourth-order valence-electron chi connectivity index (χ4n) is 12.0. The number of hydrogen-bond donors (Lipinski definition) is 1. The molecule has 2 saturated heterocycles. The number of epoxide rings is 1. The molecule has 8 atom stereocenters. The fourth-order valence-corrected chi connectivity index (χ4v) is 14.8. The van der Waals surface area contributed by atoms with E-state index >= 15 is 0 Å². The van der Waals surface area contributed by atoms with Crippen LogP contribution in [0.5, 0.6) is 0 Å². The van der Waals surface area contributed by atoms with Crippen LogP contribution in [0.1, 0.15) is 117 Å². The number of benzene rings is 2. The zero-order valence-corrected chi connectivity index (χ0v) is 33.9. The van der Waals surface area contributed by atoms with E-state index in [2.05, 4.69) is 122 Å². The van der Waals surface area contributed by atoms with Crippen LogP contribution < -0.4 is 0 Å². The Kier molecular flexibility index (Phi) is 8.71. The Morgan fingerprint density at radius 2 is 1.73 bits per heavy atom. The predicted octanol–water partition coefficient (Wildman–Crippen LogP) is 10.8. The van der Waals surface area contributed by atoms with Gasteiger partial charge in [0.15, 0.2) is 8.32 Å². The maximum absolute atomic E-state index is 7.53. The Labute approximate surface area is 308 Å². The Bertz CT molecular complexity index is 1800. The van der Waals surface area contributed by atoms with Crippen molar-refractivity contribution >= 4 is 19.2 Å². The minimum atomic E-state index is -1.97. The van der Waals surface area contributed by atoms with Crippen LogP contribution in [-0.4, -0.2) is 48.4 Å². The molecule has 1 N–H and O–H groups in total. The standard InChI is InChI=1S/C45H63NO4Si/c1-10-51(11-2,12-3)49-37-28-44-38(48-40(37)41(6,7)47-29-32-16-14-13-15-17-32)23-24-42(8)43(9)33(22-25-45(42,44)50-44)27-35-34-26-31(19-18-30(4)5)20-21-36(34)46-39(35)43/h13-18,20-21,26,33,37-38,40,46H,10-12,19,22-25,27-29H2,1-9H3/t33-,37+,38-,40-,42+,43+,44+,45-/m0/s1. The van der Waals surface area contributed by atoms with Crippen LogP contribution in [0.3, 0.4) is 0 Å². The zero-order valence-electron chi connectivity index (χ0n) is 32.9. The van der Waals surface area contributed by atoms with E-state index in [1.807, 2.05) is 0 Å². The van der Waals surface area contributed by atoms with Crippen LogP contribution >= 0.6 is 0 Å². The molecule has 0 unspecified atom stereocenters. The molecular formula is C45H63NO4Si. The lowest BCUT2D eigenvalue weighted by molar-refractivity contribution is -0.233. The summed E-state index contributed by atoms with van der Waals surface area (Å²) in [7, 11) is -1.97. The van der Waals surface area contributed by atoms with Crippen molar-refractivity contribution in [2.75, 3.05) is 0 Å². The van der Waals surface area contributed by atoms with Crippen LogP contribution in [0.25, 0.3) is 10.9 Å². The number of allylic oxidation sites excluding steroid dienone is 2. The van der Waals surface area contributed by atoms with Crippen molar-refractivity contribution in [3.8, 4) is 0 Å². The van der Waals surface area contributed by atoms with Gasteiger partial charge in [-0.3, -0.25) is 0 Å². The van der Waals surface area contributed by atoms with E-state index < -0.39 is 13.9 Å². The Morgan fingerprint density at radius 3 is 2.43 bits per heavy atom. The second-order valence-corrected chi connectivity index (χ2v) is 22.9. The number of aromatic amines is 1. The Hall–Kier alpha value is -2.22. The largest absolute Gasteiger partial charge is 0.411 e. The van der Waals surface area contributed by atoms with Crippen LogP contribution in [-0.2, 0) is 43.5 Å². The molecule has 5 nitrogen and oxygen atoms in total. The van der Waals surface area contributed by atoms with Crippen LogP contribution in [0.15, 0.2) is 60.2 Å². The summed E-state index contributed by atoms with van der Waals surface area (Å²) in [6.45, 7) is 21.6. The molecule has 0 bridgehead atoms. The minimum absolute atomic E-state index is 0.00811. The van der Waals surface area contributed by atoms with Gasteiger partial charge in [-0.05, 0) is 119 Å².